The molecule has 0 aromatic heterocycles. The van der Waals surface area contributed by atoms with Gasteiger partial charge in [-0.3, -0.25) is 4.79 Å². The first-order chi connectivity index (χ1) is 7.35. The predicted molar refractivity (Wildman–Crippen MR) is 60.5 cm³/mol. The van der Waals surface area contributed by atoms with Gasteiger partial charge in [0.2, 0.25) is 0 Å². The van der Waals surface area contributed by atoms with E-state index >= 15 is 0 Å². The Morgan fingerprint density at radius 3 is 2.56 bits per heavy atom. The smallest absolute Gasteiger partial charge is 0.163 e. The second-order valence-corrected chi connectivity index (χ2v) is 6.20. The Morgan fingerprint density at radius 1 is 1.31 bits per heavy atom. The van der Waals surface area contributed by atoms with E-state index in [4.69, 9.17) is 0 Å². The summed E-state index contributed by atoms with van der Waals surface area (Å²) in [6.45, 7) is 1.46. The zero-order chi connectivity index (χ0) is 12.0. The van der Waals surface area contributed by atoms with Crippen LogP contribution in [-0.4, -0.2) is 19.6 Å². The van der Waals surface area contributed by atoms with Gasteiger partial charge in [0.15, 0.2) is 6.29 Å². The molecule has 3 N–H and O–H groups in total. The number of fused-ring (bicyclic) bond motifs is 1. The largest absolute Gasteiger partial charge is 0.357 e. The molecule has 0 atom stereocenters. The van der Waals surface area contributed by atoms with Crippen LogP contribution in [0.2, 0.25) is 0 Å². The molecule has 0 unspecified atom stereocenters. The molecule has 0 radical (unpaired) electrons. The minimum atomic E-state index is -5.21. The van der Waals surface area contributed by atoms with E-state index in [9.17, 15) is 18.1 Å². The third-order valence-corrected chi connectivity index (χ3v) is 4.82. The highest BCUT2D eigenvalue weighted by Crippen LogP contribution is 2.44. The van der Waals surface area contributed by atoms with Crippen LogP contribution in [0.15, 0.2) is 39.8 Å². The molecule has 0 aliphatic carbocycles. The molecule has 5 nitrogen and oxygen atoms in total. The lowest BCUT2D eigenvalue weighted by molar-refractivity contribution is -0.104. The van der Waals surface area contributed by atoms with E-state index in [0.717, 1.165) is 0 Å². The van der Waals surface area contributed by atoms with Gasteiger partial charge >= 0.3 is 0 Å². The Morgan fingerprint density at radius 2 is 1.94 bits per heavy atom. The van der Waals surface area contributed by atoms with Gasteiger partial charge in [-0.2, -0.15) is 0 Å². The highest BCUT2D eigenvalue weighted by Gasteiger charge is 2.43. The summed E-state index contributed by atoms with van der Waals surface area (Å²) in [5.41, 5.74) is 0.503. The Labute approximate surface area is 92.2 Å². The summed E-state index contributed by atoms with van der Waals surface area (Å²) in [5.74, 6) is 0. The summed E-state index contributed by atoms with van der Waals surface area (Å²) in [4.78, 5) is 10.1. The van der Waals surface area contributed by atoms with E-state index in [1.54, 1.807) is 12.1 Å². The number of carbonyl (C=O) groups excluding carboxylic acids is 1. The van der Waals surface area contributed by atoms with Crippen molar-refractivity contribution in [1.82, 2.24) is 0 Å². The van der Waals surface area contributed by atoms with Crippen LogP contribution in [-0.2, 0) is 14.4 Å². The van der Waals surface area contributed by atoms with Gasteiger partial charge in [0.1, 0.15) is 14.5 Å². The van der Waals surface area contributed by atoms with Crippen molar-refractivity contribution in [2.24, 2.45) is 0 Å². The number of hydrogen-bond acceptors (Lipinski definition) is 3. The van der Waals surface area contributed by atoms with Gasteiger partial charge in [0.05, 0.1) is 10.6 Å². The molecule has 1 aliphatic heterocycles. The van der Waals surface area contributed by atoms with Crippen molar-refractivity contribution >= 4 is 21.6 Å². The summed E-state index contributed by atoms with van der Waals surface area (Å²) in [5, 5.41) is 2.80. The number of aldehydes is 1. The van der Waals surface area contributed by atoms with Crippen LogP contribution in [0.4, 0.5) is 5.69 Å². The molecule has 0 saturated heterocycles. The molecular weight excluding hydrogens is 230 g/mol. The third-order valence-electron chi connectivity index (χ3n) is 2.48. The Bertz CT molecular complexity index is 570. The first-order valence-electron chi connectivity index (χ1n) is 4.54. The van der Waals surface area contributed by atoms with Gasteiger partial charge in [-0.25, -0.2) is 4.21 Å². The number of anilines is 1. The topological polar surface area (TPSA) is 86.6 Å². The van der Waals surface area contributed by atoms with Crippen molar-refractivity contribution in [3.05, 3.63) is 34.9 Å². The maximum atomic E-state index is 12.2. The minimum absolute atomic E-state index is 0.174. The quantitative estimate of drug-likeness (QED) is 0.651. The maximum absolute atomic E-state index is 12.2. The van der Waals surface area contributed by atoms with Gasteiger partial charge in [0.25, 0.3) is 0 Å². The maximum Gasteiger partial charge on any atom is 0.163 e. The molecule has 1 heterocycles. The van der Waals surface area contributed by atoms with Crippen molar-refractivity contribution < 1.29 is 18.1 Å². The van der Waals surface area contributed by atoms with E-state index in [1.165, 1.54) is 19.1 Å². The van der Waals surface area contributed by atoms with Crippen LogP contribution in [0, 0.1) is 0 Å². The molecular formula is C10H11NO4S. The van der Waals surface area contributed by atoms with Crippen molar-refractivity contribution in [1.29, 1.82) is 0 Å². The number of rotatable bonds is 1. The SMILES string of the molecule is CC1=C(C=O)S(=O)(O)(O)c2ccccc2N1. The van der Waals surface area contributed by atoms with Gasteiger partial charge in [-0.05, 0) is 19.1 Å². The fourth-order valence-electron chi connectivity index (χ4n) is 1.72. The second kappa shape index (κ2) is 3.00. The van der Waals surface area contributed by atoms with Crippen LogP contribution >= 0.6 is 0 Å². The Balaban J connectivity index is 2.85. The van der Waals surface area contributed by atoms with Gasteiger partial charge in [0, 0.05) is 5.70 Å². The standard InChI is InChI=1S/C10H11NO4S/c1-7-10(6-12)16(13,14,15)9-5-3-2-4-8(9)11-7/h2-6,11H,1H3,(H2,13,14,15). The highest BCUT2D eigenvalue weighted by molar-refractivity contribution is 8.14. The lowest BCUT2D eigenvalue weighted by atomic mass is 10.3. The number of nitrogens with one attached hydrogen (secondary N) is 1. The number of para-hydroxylation sites is 1. The molecule has 1 aromatic carbocycles. The van der Waals surface area contributed by atoms with Crippen molar-refractivity contribution in [2.45, 2.75) is 11.8 Å². The van der Waals surface area contributed by atoms with Crippen LogP contribution < -0.4 is 5.32 Å². The Kier molecular flexibility index (Phi) is 2.06. The summed E-state index contributed by atoms with van der Waals surface area (Å²) in [6, 6.07) is 6.05. The summed E-state index contributed by atoms with van der Waals surface area (Å²) < 4.78 is 32.0. The number of allylic oxidation sites excluding steroid dienone is 2. The van der Waals surface area contributed by atoms with E-state index < -0.39 is 14.5 Å². The van der Waals surface area contributed by atoms with E-state index in [2.05, 4.69) is 5.32 Å². The lowest BCUT2D eigenvalue weighted by Crippen LogP contribution is -2.39. The zero-order valence-corrected chi connectivity index (χ0v) is 9.32. The number of benzene rings is 1. The average Bonchev–Trinajstić information content (AvgIpc) is 2.16. The second-order valence-electron chi connectivity index (χ2n) is 3.59. The third kappa shape index (κ3) is 1.31. The first-order valence-corrected chi connectivity index (χ1v) is 6.42. The normalized spacial score (nSPS) is 23.6. The zero-order valence-electron chi connectivity index (χ0n) is 8.51. The summed E-state index contributed by atoms with van der Waals surface area (Å²) >= 11 is 0. The summed E-state index contributed by atoms with van der Waals surface area (Å²) in [7, 11) is -5.21. The van der Waals surface area contributed by atoms with Crippen molar-refractivity contribution in [3.63, 3.8) is 0 Å². The van der Waals surface area contributed by atoms with Gasteiger partial charge in [-0.15, -0.1) is 0 Å². The predicted octanol–water partition coefficient (Wildman–Crippen LogP) is 1.67. The molecule has 86 valence electrons. The molecule has 0 fully saturated rings. The van der Waals surface area contributed by atoms with E-state index in [1.807, 2.05) is 0 Å². The summed E-state index contributed by atoms with van der Waals surface area (Å²) in [6.07, 6.45) is 0.202. The van der Waals surface area contributed by atoms with Crippen LogP contribution in [0.5, 0.6) is 0 Å². The highest BCUT2D eigenvalue weighted by atomic mass is 32.3. The molecule has 1 aromatic rings. The van der Waals surface area contributed by atoms with Crippen LogP contribution in [0.1, 0.15) is 6.92 Å². The molecule has 6 heteroatoms. The lowest BCUT2D eigenvalue weighted by Gasteiger charge is -2.37. The number of hydrogen-bond donors (Lipinski definition) is 3. The van der Waals surface area contributed by atoms with E-state index in [-0.39, 0.29) is 16.9 Å². The van der Waals surface area contributed by atoms with Crippen molar-refractivity contribution in [3.8, 4) is 0 Å². The minimum Gasteiger partial charge on any atom is -0.357 e. The molecule has 2 rings (SSSR count). The fourth-order valence-corrected chi connectivity index (χ4v) is 3.58. The van der Waals surface area contributed by atoms with Gasteiger partial charge in [-0.1, -0.05) is 12.1 Å². The molecule has 0 spiro atoms. The van der Waals surface area contributed by atoms with Crippen molar-refractivity contribution in [2.75, 3.05) is 5.32 Å². The monoisotopic (exact) mass is 241 g/mol. The van der Waals surface area contributed by atoms with Crippen LogP contribution in [0.25, 0.3) is 0 Å². The Hall–Kier alpha value is -1.50. The van der Waals surface area contributed by atoms with Crippen LogP contribution in [0.3, 0.4) is 0 Å². The molecule has 0 saturated carbocycles. The molecule has 0 amide bonds. The van der Waals surface area contributed by atoms with E-state index in [0.29, 0.717) is 5.69 Å². The number of carbonyl (C=O) groups is 1. The molecule has 0 bridgehead atoms. The first kappa shape index (κ1) is 11.0. The molecule has 16 heavy (non-hydrogen) atoms. The average molecular weight is 241 g/mol. The molecule has 1 aliphatic rings. The fraction of sp³-hybridized carbons (Fsp3) is 0.100. The van der Waals surface area contributed by atoms with Gasteiger partial charge < -0.3 is 14.4 Å².